The van der Waals surface area contributed by atoms with Crippen LogP contribution in [0.4, 0.5) is 5.69 Å². The SMILES string of the molecule is Cl.Cl.O=C(CCC1CCNCC1)N1CCN(CC(=O)N2CCc3ccccc32)CC1. The zero-order chi connectivity index (χ0) is 19.3. The molecule has 2 saturated heterocycles. The van der Waals surface area contributed by atoms with E-state index in [0.29, 0.717) is 18.9 Å². The summed E-state index contributed by atoms with van der Waals surface area (Å²) in [6.07, 6.45) is 5.04. The fourth-order valence-corrected chi connectivity index (χ4v) is 4.69. The number of hydrogen-bond donors (Lipinski definition) is 1. The van der Waals surface area contributed by atoms with Crippen molar-refractivity contribution in [2.75, 3.05) is 57.3 Å². The van der Waals surface area contributed by atoms with Gasteiger partial charge in [0.25, 0.3) is 0 Å². The van der Waals surface area contributed by atoms with E-state index in [1.807, 2.05) is 28.0 Å². The second-order valence-electron chi connectivity index (χ2n) is 8.31. The molecule has 3 heterocycles. The molecule has 3 aliphatic heterocycles. The number of piperidine rings is 1. The monoisotopic (exact) mass is 456 g/mol. The molecular formula is C22H34Cl2N4O2. The molecule has 3 aliphatic rings. The molecule has 168 valence electrons. The topological polar surface area (TPSA) is 55.9 Å². The average molecular weight is 457 g/mol. The van der Waals surface area contributed by atoms with Crippen LogP contribution in [0.5, 0.6) is 0 Å². The third-order valence-corrected chi connectivity index (χ3v) is 6.50. The highest BCUT2D eigenvalue weighted by Gasteiger charge is 2.28. The number of carbonyl (C=O) groups is 2. The Kier molecular flexibility index (Phi) is 9.88. The first kappa shape index (κ1) is 24.9. The third-order valence-electron chi connectivity index (χ3n) is 6.50. The Balaban J connectivity index is 0.00000160. The van der Waals surface area contributed by atoms with Crippen LogP contribution in [0.1, 0.15) is 31.2 Å². The minimum Gasteiger partial charge on any atom is -0.340 e. The van der Waals surface area contributed by atoms with Gasteiger partial charge in [-0.25, -0.2) is 0 Å². The van der Waals surface area contributed by atoms with Crippen molar-refractivity contribution in [3.63, 3.8) is 0 Å². The maximum atomic E-state index is 12.8. The van der Waals surface area contributed by atoms with Gasteiger partial charge in [-0.05, 0) is 56.3 Å². The van der Waals surface area contributed by atoms with Gasteiger partial charge in [-0.2, -0.15) is 0 Å². The largest absolute Gasteiger partial charge is 0.340 e. The summed E-state index contributed by atoms with van der Waals surface area (Å²) < 4.78 is 0. The molecule has 0 bridgehead atoms. The highest BCUT2D eigenvalue weighted by molar-refractivity contribution is 5.96. The second kappa shape index (κ2) is 11.9. The molecule has 0 atom stereocenters. The third kappa shape index (κ3) is 6.10. The number of fused-ring (bicyclic) bond motifs is 1. The number of para-hydroxylation sites is 1. The lowest BCUT2D eigenvalue weighted by Crippen LogP contribution is -2.51. The Morgan fingerprint density at radius 3 is 2.37 bits per heavy atom. The standard InChI is InChI=1S/C22H32N4O2.2ClH/c27-21(6-5-18-7-10-23-11-8-18)25-15-13-24(14-16-25)17-22(28)26-12-9-19-3-1-2-4-20(19)26;;/h1-4,18,23H,5-17H2;2*1H. The second-order valence-corrected chi connectivity index (χ2v) is 8.31. The Bertz CT molecular complexity index is 704. The van der Waals surface area contributed by atoms with E-state index < -0.39 is 0 Å². The lowest BCUT2D eigenvalue weighted by Gasteiger charge is -2.35. The van der Waals surface area contributed by atoms with Gasteiger partial charge in [-0.3, -0.25) is 14.5 Å². The minimum atomic E-state index is 0. The summed E-state index contributed by atoms with van der Waals surface area (Å²) in [4.78, 5) is 31.4. The number of benzene rings is 1. The number of rotatable bonds is 5. The number of carbonyl (C=O) groups excluding carboxylic acids is 2. The first-order valence-electron chi connectivity index (χ1n) is 10.8. The van der Waals surface area contributed by atoms with Crippen molar-refractivity contribution in [1.29, 1.82) is 0 Å². The van der Waals surface area contributed by atoms with Gasteiger partial charge in [0.05, 0.1) is 6.54 Å². The van der Waals surface area contributed by atoms with Crippen molar-refractivity contribution in [3.8, 4) is 0 Å². The molecule has 0 radical (unpaired) electrons. The zero-order valence-corrected chi connectivity index (χ0v) is 19.2. The van der Waals surface area contributed by atoms with Gasteiger partial charge in [0, 0.05) is 44.8 Å². The van der Waals surface area contributed by atoms with Crippen molar-refractivity contribution in [1.82, 2.24) is 15.1 Å². The summed E-state index contributed by atoms with van der Waals surface area (Å²) >= 11 is 0. The highest BCUT2D eigenvalue weighted by atomic mass is 35.5. The normalized spacial score (nSPS) is 19.6. The number of nitrogens with one attached hydrogen (secondary N) is 1. The summed E-state index contributed by atoms with van der Waals surface area (Å²) in [5.74, 6) is 1.17. The van der Waals surface area contributed by atoms with Crippen LogP contribution in [-0.2, 0) is 16.0 Å². The van der Waals surface area contributed by atoms with Gasteiger partial charge in [0.1, 0.15) is 0 Å². The molecular weight excluding hydrogens is 423 g/mol. The predicted molar refractivity (Wildman–Crippen MR) is 125 cm³/mol. The van der Waals surface area contributed by atoms with E-state index in [1.165, 1.54) is 18.4 Å². The van der Waals surface area contributed by atoms with Crippen molar-refractivity contribution >= 4 is 42.3 Å². The molecule has 6 nitrogen and oxygen atoms in total. The smallest absolute Gasteiger partial charge is 0.241 e. The molecule has 1 aromatic rings. The molecule has 1 aromatic carbocycles. The summed E-state index contributed by atoms with van der Waals surface area (Å²) in [5.41, 5.74) is 2.33. The number of hydrogen-bond acceptors (Lipinski definition) is 4. The van der Waals surface area contributed by atoms with Gasteiger partial charge in [-0.1, -0.05) is 18.2 Å². The summed E-state index contributed by atoms with van der Waals surface area (Å²) in [5, 5.41) is 3.38. The average Bonchev–Trinajstić information content (AvgIpc) is 3.18. The molecule has 4 rings (SSSR count). The molecule has 2 amide bonds. The van der Waals surface area contributed by atoms with Crippen LogP contribution in [0.2, 0.25) is 0 Å². The zero-order valence-electron chi connectivity index (χ0n) is 17.6. The number of piperazine rings is 1. The molecule has 0 aliphatic carbocycles. The molecule has 0 unspecified atom stereocenters. The van der Waals surface area contributed by atoms with Crippen molar-refractivity contribution in [2.24, 2.45) is 5.92 Å². The van der Waals surface area contributed by atoms with Gasteiger partial charge in [0.15, 0.2) is 0 Å². The Morgan fingerprint density at radius 2 is 1.63 bits per heavy atom. The Hall–Kier alpha value is -1.34. The van der Waals surface area contributed by atoms with E-state index >= 15 is 0 Å². The highest BCUT2D eigenvalue weighted by Crippen LogP contribution is 2.27. The van der Waals surface area contributed by atoms with Gasteiger partial charge < -0.3 is 15.1 Å². The first-order valence-corrected chi connectivity index (χ1v) is 10.8. The molecule has 0 saturated carbocycles. The minimum absolute atomic E-state index is 0. The maximum absolute atomic E-state index is 12.8. The van der Waals surface area contributed by atoms with Crippen LogP contribution in [0.25, 0.3) is 0 Å². The van der Waals surface area contributed by atoms with E-state index in [2.05, 4.69) is 16.3 Å². The van der Waals surface area contributed by atoms with Crippen molar-refractivity contribution in [2.45, 2.75) is 32.1 Å². The van der Waals surface area contributed by atoms with E-state index in [4.69, 9.17) is 0 Å². The van der Waals surface area contributed by atoms with E-state index in [1.54, 1.807) is 0 Å². The van der Waals surface area contributed by atoms with E-state index in [0.717, 1.165) is 64.3 Å². The van der Waals surface area contributed by atoms with Crippen LogP contribution < -0.4 is 10.2 Å². The quantitative estimate of drug-likeness (QED) is 0.738. The first-order chi connectivity index (χ1) is 13.7. The van der Waals surface area contributed by atoms with Gasteiger partial charge in [-0.15, -0.1) is 24.8 Å². The van der Waals surface area contributed by atoms with Crippen LogP contribution in [0, 0.1) is 5.92 Å². The van der Waals surface area contributed by atoms with Crippen molar-refractivity contribution < 1.29 is 9.59 Å². The van der Waals surface area contributed by atoms with Gasteiger partial charge in [0.2, 0.25) is 11.8 Å². The van der Waals surface area contributed by atoms with Crippen LogP contribution in [0.15, 0.2) is 24.3 Å². The number of nitrogens with zero attached hydrogens (tertiary/aromatic N) is 3. The molecule has 2 fully saturated rings. The Labute approximate surface area is 192 Å². The fraction of sp³-hybridized carbons (Fsp3) is 0.636. The van der Waals surface area contributed by atoms with Gasteiger partial charge >= 0.3 is 0 Å². The van der Waals surface area contributed by atoms with Crippen LogP contribution >= 0.6 is 24.8 Å². The maximum Gasteiger partial charge on any atom is 0.241 e. The summed E-state index contributed by atoms with van der Waals surface area (Å²) in [7, 11) is 0. The Morgan fingerprint density at radius 1 is 0.933 bits per heavy atom. The number of halogens is 2. The summed E-state index contributed by atoms with van der Waals surface area (Å²) in [6.45, 7) is 6.49. The lowest BCUT2D eigenvalue weighted by molar-refractivity contribution is -0.133. The molecule has 8 heteroatoms. The fourth-order valence-electron chi connectivity index (χ4n) is 4.69. The van der Waals surface area contributed by atoms with E-state index in [-0.39, 0.29) is 36.6 Å². The number of amides is 2. The molecule has 30 heavy (non-hydrogen) atoms. The predicted octanol–water partition coefficient (Wildman–Crippen LogP) is 2.34. The number of anilines is 1. The molecule has 0 spiro atoms. The summed E-state index contributed by atoms with van der Waals surface area (Å²) in [6, 6.07) is 8.18. The van der Waals surface area contributed by atoms with Crippen LogP contribution in [-0.4, -0.2) is 74.0 Å². The van der Waals surface area contributed by atoms with Crippen LogP contribution in [0.3, 0.4) is 0 Å². The van der Waals surface area contributed by atoms with Crippen molar-refractivity contribution in [3.05, 3.63) is 29.8 Å². The molecule has 1 N–H and O–H groups in total. The lowest BCUT2D eigenvalue weighted by atomic mass is 9.93. The van der Waals surface area contributed by atoms with E-state index in [9.17, 15) is 9.59 Å². The molecule has 0 aromatic heterocycles.